The fourth-order valence-corrected chi connectivity index (χ4v) is 4.24. The maximum Gasteiger partial charge on any atom is 0.300 e. The van der Waals surface area contributed by atoms with Crippen molar-refractivity contribution in [2.75, 3.05) is 11.5 Å². The van der Waals surface area contributed by atoms with E-state index in [4.69, 9.17) is 4.74 Å². The quantitative estimate of drug-likeness (QED) is 0.280. The van der Waals surface area contributed by atoms with E-state index in [0.29, 0.717) is 29.2 Å². The van der Waals surface area contributed by atoms with Gasteiger partial charge in [-0.25, -0.2) is 4.39 Å². The van der Waals surface area contributed by atoms with Gasteiger partial charge in [0.25, 0.3) is 11.7 Å². The van der Waals surface area contributed by atoms with E-state index in [2.05, 4.69) is 0 Å². The van der Waals surface area contributed by atoms with Crippen molar-refractivity contribution >= 4 is 23.1 Å². The number of carbonyl (C=O) groups is 2. The van der Waals surface area contributed by atoms with Crippen LogP contribution >= 0.6 is 0 Å². The monoisotopic (exact) mass is 459 g/mol. The number of hydrogen-bond donors (Lipinski definition) is 1. The van der Waals surface area contributed by atoms with Crippen molar-refractivity contribution in [3.63, 3.8) is 0 Å². The highest BCUT2D eigenvalue weighted by molar-refractivity contribution is 6.51. The zero-order chi connectivity index (χ0) is 24.4. The Morgan fingerprint density at radius 2 is 1.71 bits per heavy atom. The average molecular weight is 460 g/mol. The Morgan fingerprint density at radius 3 is 2.32 bits per heavy atom. The molecule has 1 unspecified atom stereocenters. The third-order valence-corrected chi connectivity index (χ3v) is 5.87. The molecule has 1 aliphatic heterocycles. The maximum atomic E-state index is 13.7. The van der Waals surface area contributed by atoms with Gasteiger partial charge in [0.1, 0.15) is 17.3 Å². The maximum absolute atomic E-state index is 13.7. The van der Waals surface area contributed by atoms with Gasteiger partial charge in [-0.15, -0.1) is 0 Å². The van der Waals surface area contributed by atoms with Crippen molar-refractivity contribution in [3.8, 4) is 5.75 Å². The SMILES string of the molecule is CCOc1ccc(/C(O)=C2/C(=O)C(=O)N(c3ccccc3)C2c2ccc(F)cc2)cc1C(C)C. The normalized spacial score (nSPS) is 17.4. The van der Waals surface area contributed by atoms with Gasteiger partial charge < -0.3 is 9.84 Å². The van der Waals surface area contributed by atoms with Crippen molar-refractivity contribution in [2.24, 2.45) is 0 Å². The standard InChI is InChI=1S/C28H26FNO4/c1-4-34-23-15-12-19(16-22(23)17(2)3)26(31)24-25(18-10-13-20(29)14-11-18)30(28(33)27(24)32)21-8-6-5-7-9-21/h5-17,25,31H,4H2,1-3H3/b26-24-. The number of hydrogen-bond acceptors (Lipinski definition) is 4. The van der Waals surface area contributed by atoms with Crippen LogP contribution in [-0.4, -0.2) is 23.4 Å². The van der Waals surface area contributed by atoms with E-state index in [1.165, 1.54) is 29.2 Å². The zero-order valence-corrected chi connectivity index (χ0v) is 19.3. The minimum absolute atomic E-state index is 0.0423. The number of para-hydroxylation sites is 1. The predicted molar refractivity (Wildman–Crippen MR) is 129 cm³/mol. The molecule has 3 aromatic carbocycles. The van der Waals surface area contributed by atoms with Crippen LogP contribution in [0.1, 0.15) is 49.4 Å². The first-order valence-corrected chi connectivity index (χ1v) is 11.2. The first-order chi connectivity index (χ1) is 16.3. The second-order valence-electron chi connectivity index (χ2n) is 8.40. The molecule has 0 aliphatic carbocycles. The molecule has 0 bridgehead atoms. The number of benzene rings is 3. The van der Waals surface area contributed by atoms with E-state index >= 15 is 0 Å². The predicted octanol–water partition coefficient (Wildman–Crippen LogP) is 5.97. The van der Waals surface area contributed by atoms with Gasteiger partial charge in [0.2, 0.25) is 0 Å². The third-order valence-electron chi connectivity index (χ3n) is 5.87. The molecule has 6 heteroatoms. The molecule has 1 aliphatic rings. The highest BCUT2D eigenvalue weighted by Gasteiger charge is 2.47. The van der Waals surface area contributed by atoms with Gasteiger partial charge in [-0.3, -0.25) is 14.5 Å². The van der Waals surface area contributed by atoms with E-state index in [1.807, 2.05) is 20.8 Å². The molecule has 1 fully saturated rings. The van der Waals surface area contributed by atoms with Gasteiger partial charge in [-0.2, -0.15) is 0 Å². The van der Waals surface area contributed by atoms with Crippen LogP contribution in [0.15, 0.2) is 78.4 Å². The smallest absolute Gasteiger partial charge is 0.300 e. The highest BCUT2D eigenvalue weighted by Crippen LogP contribution is 2.42. The topological polar surface area (TPSA) is 66.8 Å². The van der Waals surface area contributed by atoms with Gasteiger partial charge in [0, 0.05) is 11.3 Å². The van der Waals surface area contributed by atoms with Gasteiger partial charge in [0.05, 0.1) is 18.2 Å². The van der Waals surface area contributed by atoms with Crippen LogP contribution in [0.25, 0.3) is 5.76 Å². The van der Waals surface area contributed by atoms with E-state index < -0.39 is 23.5 Å². The number of aliphatic hydroxyl groups excluding tert-OH is 1. The molecule has 1 saturated heterocycles. The lowest BCUT2D eigenvalue weighted by atomic mass is 9.93. The number of ether oxygens (including phenoxy) is 1. The summed E-state index contributed by atoms with van der Waals surface area (Å²) in [5.41, 5.74) is 2.26. The molecule has 5 nitrogen and oxygen atoms in total. The molecule has 174 valence electrons. The van der Waals surface area contributed by atoms with Crippen molar-refractivity contribution < 1.29 is 23.8 Å². The largest absolute Gasteiger partial charge is 0.507 e. The molecule has 3 aromatic rings. The van der Waals surface area contributed by atoms with Crippen molar-refractivity contribution in [3.05, 3.63) is 101 Å². The summed E-state index contributed by atoms with van der Waals surface area (Å²) in [5, 5.41) is 11.4. The molecule has 0 saturated carbocycles. The summed E-state index contributed by atoms with van der Waals surface area (Å²) in [6, 6.07) is 18.7. The number of amides is 1. The van der Waals surface area contributed by atoms with Crippen LogP contribution in [0.3, 0.4) is 0 Å². The summed E-state index contributed by atoms with van der Waals surface area (Å²) >= 11 is 0. The Bertz CT molecular complexity index is 1250. The summed E-state index contributed by atoms with van der Waals surface area (Å²) in [4.78, 5) is 27.7. The number of anilines is 1. The molecule has 0 spiro atoms. The minimum Gasteiger partial charge on any atom is -0.507 e. The number of Topliss-reactive ketones (excluding diaryl/α,β-unsaturated/α-hetero) is 1. The number of aliphatic hydroxyl groups is 1. The van der Waals surface area contributed by atoms with Crippen LogP contribution in [0, 0.1) is 5.82 Å². The second-order valence-corrected chi connectivity index (χ2v) is 8.40. The molecule has 0 aromatic heterocycles. The van der Waals surface area contributed by atoms with E-state index in [1.54, 1.807) is 48.5 Å². The van der Waals surface area contributed by atoms with Gasteiger partial charge >= 0.3 is 0 Å². The van der Waals surface area contributed by atoms with Crippen molar-refractivity contribution in [2.45, 2.75) is 32.7 Å². The molecular formula is C28H26FNO4. The zero-order valence-electron chi connectivity index (χ0n) is 19.3. The third kappa shape index (κ3) is 4.19. The Balaban J connectivity index is 1.92. The Hall–Kier alpha value is -3.93. The van der Waals surface area contributed by atoms with E-state index in [-0.39, 0.29) is 17.3 Å². The fourth-order valence-electron chi connectivity index (χ4n) is 4.24. The van der Waals surface area contributed by atoms with Crippen LogP contribution in [0.5, 0.6) is 5.75 Å². The van der Waals surface area contributed by atoms with Crippen LogP contribution in [0.4, 0.5) is 10.1 Å². The van der Waals surface area contributed by atoms with Gasteiger partial charge in [-0.05, 0) is 66.4 Å². The molecular weight excluding hydrogens is 433 g/mol. The number of nitrogens with zero attached hydrogens (tertiary/aromatic N) is 1. The van der Waals surface area contributed by atoms with Crippen molar-refractivity contribution in [1.82, 2.24) is 0 Å². The summed E-state index contributed by atoms with van der Waals surface area (Å²) in [5.74, 6) is -1.46. The lowest BCUT2D eigenvalue weighted by molar-refractivity contribution is -0.132. The molecule has 4 rings (SSSR count). The summed E-state index contributed by atoms with van der Waals surface area (Å²) in [7, 11) is 0. The lowest BCUT2D eigenvalue weighted by Crippen LogP contribution is -2.29. The Labute approximate surface area is 198 Å². The van der Waals surface area contributed by atoms with Crippen LogP contribution < -0.4 is 9.64 Å². The molecule has 34 heavy (non-hydrogen) atoms. The number of ketones is 1. The van der Waals surface area contributed by atoms with Crippen LogP contribution in [-0.2, 0) is 9.59 Å². The molecule has 1 amide bonds. The summed E-state index contributed by atoms with van der Waals surface area (Å²) in [6.07, 6.45) is 0. The van der Waals surface area contributed by atoms with E-state index in [0.717, 1.165) is 5.56 Å². The Kier molecular flexibility index (Phi) is 6.50. The molecule has 1 atom stereocenters. The number of carbonyl (C=O) groups excluding carboxylic acids is 2. The first-order valence-electron chi connectivity index (χ1n) is 11.2. The van der Waals surface area contributed by atoms with E-state index in [9.17, 15) is 19.1 Å². The first kappa shape index (κ1) is 23.2. The number of halogens is 1. The number of rotatable bonds is 6. The fraction of sp³-hybridized carbons (Fsp3) is 0.214. The minimum atomic E-state index is -0.905. The summed E-state index contributed by atoms with van der Waals surface area (Å²) < 4.78 is 19.4. The Morgan fingerprint density at radius 1 is 1.03 bits per heavy atom. The van der Waals surface area contributed by atoms with Crippen molar-refractivity contribution in [1.29, 1.82) is 0 Å². The second kappa shape index (κ2) is 9.51. The van der Waals surface area contributed by atoms with Gasteiger partial charge in [0.15, 0.2) is 0 Å². The summed E-state index contributed by atoms with van der Waals surface area (Å²) in [6.45, 7) is 6.41. The molecule has 1 N–H and O–H groups in total. The molecule has 1 heterocycles. The highest BCUT2D eigenvalue weighted by atomic mass is 19.1. The van der Waals surface area contributed by atoms with Crippen LogP contribution in [0.2, 0.25) is 0 Å². The van der Waals surface area contributed by atoms with Gasteiger partial charge in [-0.1, -0.05) is 44.2 Å². The lowest BCUT2D eigenvalue weighted by Gasteiger charge is -2.25. The average Bonchev–Trinajstić information content (AvgIpc) is 3.10. The molecule has 0 radical (unpaired) electrons.